The van der Waals surface area contributed by atoms with Crippen molar-refractivity contribution in [3.05, 3.63) is 40.7 Å². The van der Waals surface area contributed by atoms with Gasteiger partial charge in [-0.3, -0.25) is 9.36 Å². The van der Waals surface area contributed by atoms with Gasteiger partial charge in [0, 0.05) is 10.6 Å². The van der Waals surface area contributed by atoms with Gasteiger partial charge in [-0.15, -0.1) is 0 Å². The molecule has 0 aliphatic heterocycles. The molecule has 0 radical (unpaired) electrons. The summed E-state index contributed by atoms with van der Waals surface area (Å²) in [6, 6.07) is 9.88. The van der Waals surface area contributed by atoms with Gasteiger partial charge in [-0.2, -0.15) is 11.8 Å². The van der Waals surface area contributed by atoms with Crippen molar-refractivity contribution < 1.29 is 0 Å². The average Bonchev–Trinajstić information content (AvgIpc) is 2.87. The Morgan fingerprint density at radius 3 is 2.95 bits per heavy atom. The number of thioether (sulfide) groups is 1. The summed E-state index contributed by atoms with van der Waals surface area (Å²) in [6.07, 6.45) is 3.42. The highest BCUT2D eigenvalue weighted by Crippen LogP contribution is 2.39. The van der Waals surface area contributed by atoms with Gasteiger partial charge in [0.1, 0.15) is 5.82 Å². The van der Waals surface area contributed by atoms with E-state index in [0.29, 0.717) is 11.1 Å². The molecular formula is C16H20N2OS. The Balaban J connectivity index is 2.13. The molecule has 1 heterocycles. The Morgan fingerprint density at radius 2 is 2.15 bits per heavy atom. The fourth-order valence-corrected chi connectivity index (χ4v) is 4.49. The van der Waals surface area contributed by atoms with E-state index in [-0.39, 0.29) is 11.6 Å². The Morgan fingerprint density at radius 1 is 1.35 bits per heavy atom. The molecule has 3 nitrogen and oxygen atoms in total. The van der Waals surface area contributed by atoms with Crippen LogP contribution >= 0.6 is 11.8 Å². The van der Waals surface area contributed by atoms with Gasteiger partial charge in [0.25, 0.3) is 5.56 Å². The third-order valence-electron chi connectivity index (χ3n) is 4.12. The van der Waals surface area contributed by atoms with Crippen LogP contribution in [0.3, 0.4) is 0 Å². The van der Waals surface area contributed by atoms with Crippen molar-refractivity contribution in [1.82, 2.24) is 4.57 Å². The van der Waals surface area contributed by atoms with Gasteiger partial charge in [0.05, 0.1) is 6.04 Å². The lowest BCUT2D eigenvalue weighted by molar-refractivity contribution is 0.522. The first-order valence-electron chi connectivity index (χ1n) is 7.23. The highest BCUT2D eigenvalue weighted by atomic mass is 32.2. The van der Waals surface area contributed by atoms with Gasteiger partial charge in [0.15, 0.2) is 0 Å². The van der Waals surface area contributed by atoms with E-state index in [1.54, 1.807) is 0 Å². The molecule has 1 fully saturated rings. The van der Waals surface area contributed by atoms with Gasteiger partial charge in [-0.25, -0.2) is 0 Å². The van der Waals surface area contributed by atoms with Crippen LogP contribution in [0.4, 0.5) is 5.82 Å². The van der Waals surface area contributed by atoms with Gasteiger partial charge < -0.3 is 5.73 Å². The van der Waals surface area contributed by atoms with Crippen molar-refractivity contribution in [1.29, 1.82) is 0 Å². The summed E-state index contributed by atoms with van der Waals surface area (Å²) in [5.74, 6) is 1.69. The second-order valence-corrected chi connectivity index (χ2v) is 6.84. The zero-order valence-corrected chi connectivity index (χ0v) is 12.5. The SMILES string of the molecule is CCSC1CCCC1n1c(N)cc2ccccc2c1=O. The molecule has 0 bridgehead atoms. The Kier molecular flexibility index (Phi) is 3.74. The minimum absolute atomic E-state index is 0.0641. The minimum Gasteiger partial charge on any atom is -0.385 e. The summed E-state index contributed by atoms with van der Waals surface area (Å²) >= 11 is 1.95. The van der Waals surface area contributed by atoms with Crippen LogP contribution < -0.4 is 11.3 Å². The number of nitrogens with two attached hydrogens (primary N) is 1. The fraction of sp³-hybridized carbons (Fsp3) is 0.438. The molecule has 3 rings (SSSR count). The molecule has 1 aromatic carbocycles. The summed E-state index contributed by atoms with van der Waals surface area (Å²) in [4.78, 5) is 12.8. The molecular weight excluding hydrogens is 268 g/mol. The Labute approximate surface area is 123 Å². The average molecular weight is 288 g/mol. The first-order valence-corrected chi connectivity index (χ1v) is 8.28. The maximum atomic E-state index is 12.8. The van der Waals surface area contributed by atoms with Gasteiger partial charge in [-0.05, 0) is 36.1 Å². The van der Waals surface area contributed by atoms with Crippen LogP contribution in [0.15, 0.2) is 35.1 Å². The van der Waals surface area contributed by atoms with E-state index in [1.807, 2.05) is 46.7 Å². The number of aromatic nitrogens is 1. The number of rotatable bonds is 3. The standard InChI is InChI=1S/C16H20N2OS/c1-2-20-14-9-5-8-13(14)18-15(17)10-11-6-3-4-7-12(11)16(18)19/h3-4,6-7,10,13-14H,2,5,8-9,17H2,1H3. The number of fused-ring (bicyclic) bond motifs is 1. The lowest BCUT2D eigenvalue weighted by Crippen LogP contribution is -2.30. The Bertz CT molecular complexity index is 680. The molecule has 2 aromatic rings. The number of nitrogens with zero attached hydrogens (tertiary/aromatic N) is 1. The summed E-state index contributed by atoms with van der Waals surface area (Å²) in [6.45, 7) is 2.17. The monoisotopic (exact) mass is 288 g/mol. The van der Waals surface area contributed by atoms with Crippen molar-refractivity contribution >= 4 is 28.4 Å². The van der Waals surface area contributed by atoms with Gasteiger partial charge in [0.2, 0.25) is 0 Å². The molecule has 2 atom stereocenters. The maximum absolute atomic E-state index is 12.8. The van der Waals surface area contributed by atoms with E-state index >= 15 is 0 Å². The number of benzene rings is 1. The lowest BCUT2D eigenvalue weighted by Gasteiger charge is -2.23. The highest BCUT2D eigenvalue weighted by molar-refractivity contribution is 7.99. The number of anilines is 1. The summed E-state index contributed by atoms with van der Waals surface area (Å²) in [7, 11) is 0. The molecule has 106 valence electrons. The molecule has 0 spiro atoms. The van der Waals surface area contributed by atoms with Crippen LogP contribution in [0.2, 0.25) is 0 Å². The van der Waals surface area contributed by atoms with E-state index in [0.717, 1.165) is 22.9 Å². The zero-order chi connectivity index (χ0) is 14.1. The van der Waals surface area contributed by atoms with Gasteiger partial charge >= 0.3 is 0 Å². The second kappa shape index (κ2) is 5.52. The fourth-order valence-electron chi connectivity index (χ4n) is 3.25. The largest absolute Gasteiger partial charge is 0.385 e. The summed E-state index contributed by atoms with van der Waals surface area (Å²) < 4.78 is 1.84. The number of hydrogen-bond acceptors (Lipinski definition) is 3. The van der Waals surface area contributed by atoms with Crippen LogP contribution in [0.1, 0.15) is 32.2 Å². The molecule has 4 heteroatoms. The molecule has 0 amide bonds. The van der Waals surface area contributed by atoms with Crippen LogP contribution in [-0.4, -0.2) is 15.6 Å². The maximum Gasteiger partial charge on any atom is 0.260 e. The predicted octanol–water partition coefficient (Wildman–Crippen LogP) is 3.43. The van der Waals surface area contributed by atoms with E-state index in [2.05, 4.69) is 6.92 Å². The van der Waals surface area contributed by atoms with E-state index in [4.69, 9.17) is 5.73 Å². The van der Waals surface area contributed by atoms with E-state index in [9.17, 15) is 4.79 Å². The molecule has 1 saturated carbocycles. The van der Waals surface area contributed by atoms with Gasteiger partial charge in [-0.1, -0.05) is 31.5 Å². The topological polar surface area (TPSA) is 48.0 Å². The third kappa shape index (κ3) is 2.22. The molecule has 1 aliphatic carbocycles. The second-order valence-electron chi connectivity index (χ2n) is 5.32. The zero-order valence-electron chi connectivity index (χ0n) is 11.7. The van der Waals surface area contributed by atoms with Crippen LogP contribution in [-0.2, 0) is 0 Å². The molecule has 1 aliphatic rings. The highest BCUT2D eigenvalue weighted by Gasteiger charge is 2.30. The van der Waals surface area contributed by atoms with Crippen molar-refractivity contribution in [3.63, 3.8) is 0 Å². The summed E-state index contributed by atoms with van der Waals surface area (Å²) in [5, 5.41) is 2.22. The minimum atomic E-state index is 0.0641. The Hall–Kier alpha value is -1.42. The lowest BCUT2D eigenvalue weighted by atomic mass is 10.1. The van der Waals surface area contributed by atoms with E-state index < -0.39 is 0 Å². The molecule has 2 unspecified atom stereocenters. The summed E-state index contributed by atoms with van der Waals surface area (Å²) in [5.41, 5.74) is 6.24. The number of pyridine rings is 1. The molecule has 0 saturated heterocycles. The normalized spacial score (nSPS) is 22.4. The third-order valence-corrected chi connectivity index (χ3v) is 5.43. The van der Waals surface area contributed by atoms with Crippen LogP contribution in [0, 0.1) is 0 Å². The number of hydrogen-bond donors (Lipinski definition) is 1. The molecule has 1 aromatic heterocycles. The molecule has 20 heavy (non-hydrogen) atoms. The first-order chi connectivity index (χ1) is 9.72. The predicted molar refractivity (Wildman–Crippen MR) is 87.4 cm³/mol. The number of nitrogen functional groups attached to an aromatic ring is 1. The quantitative estimate of drug-likeness (QED) is 0.941. The molecule has 2 N–H and O–H groups in total. The van der Waals surface area contributed by atoms with Crippen molar-refractivity contribution in [3.8, 4) is 0 Å². The van der Waals surface area contributed by atoms with Crippen molar-refractivity contribution in [2.75, 3.05) is 11.5 Å². The first kappa shape index (κ1) is 13.6. The van der Waals surface area contributed by atoms with E-state index in [1.165, 1.54) is 12.8 Å². The van der Waals surface area contributed by atoms with Crippen LogP contribution in [0.5, 0.6) is 0 Å². The van der Waals surface area contributed by atoms with Crippen molar-refractivity contribution in [2.24, 2.45) is 0 Å². The van der Waals surface area contributed by atoms with Crippen LogP contribution in [0.25, 0.3) is 10.8 Å². The van der Waals surface area contributed by atoms with Crippen molar-refractivity contribution in [2.45, 2.75) is 37.5 Å². The smallest absolute Gasteiger partial charge is 0.260 e.